The topological polar surface area (TPSA) is 161 Å². The predicted molar refractivity (Wildman–Crippen MR) is 79.7 cm³/mol. The van der Waals surface area contributed by atoms with Crippen LogP contribution in [0.2, 0.25) is 0 Å². The summed E-state index contributed by atoms with van der Waals surface area (Å²) in [4.78, 5) is 38.0. The number of carbonyl (C=O) groups is 4. The van der Waals surface area contributed by atoms with Crippen molar-refractivity contribution in [2.45, 2.75) is 79.1 Å². The van der Waals surface area contributed by atoms with Crippen LogP contribution in [-0.2, 0) is 19.2 Å². The maximum atomic E-state index is 9.49. The molecule has 144 valence electrons. The molecule has 0 N–H and O–H groups in total. The fourth-order valence-corrected chi connectivity index (χ4v) is 0.816. The average molecular weight is 440 g/mol. The fourth-order valence-electron chi connectivity index (χ4n) is 0.816. The molecule has 0 aromatic heterocycles. The summed E-state index contributed by atoms with van der Waals surface area (Å²) in [6.45, 7) is 7.21. The number of hydrogen-bond acceptors (Lipinski definition) is 8. The third-order valence-electron chi connectivity index (χ3n) is 1.82. The number of rotatable bonds is 8. The summed E-state index contributed by atoms with van der Waals surface area (Å²) >= 11 is 0. The van der Waals surface area contributed by atoms with E-state index in [2.05, 4.69) is 0 Å². The van der Waals surface area contributed by atoms with Gasteiger partial charge >= 0.3 is 118 Å². The number of hydrogen-bond donors (Lipinski definition) is 0. The molecule has 8 nitrogen and oxygen atoms in total. The van der Waals surface area contributed by atoms with Gasteiger partial charge in [0.2, 0.25) is 0 Å². The van der Waals surface area contributed by atoms with E-state index < -0.39 is 23.9 Å². The maximum Gasteiger partial charge on any atom is 1.00 e. The van der Waals surface area contributed by atoms with E-state index in [-0.39, 0.29) is 144 Å². The van der Waals surface area contributed by atoms with E-state index in [1.54, 1.807) is 27.7 Å². The van der Waals surface area contributed by atoms with Crippen molar-refractivity contribution in [2.75, 3.05) is 0 Å². The summed E-state index contributed by atoms with van der Waals surface area (Å²) in [5.74, 6) is -3.84. The summed E-state index contributed by atoms with van der Waals surface area (Å²) in [5, 5.41) is 38.0. The van der Waals surface area contributed by atoms with Crippen LogP contribution in [0.1, 0.15) is 79.1 Å². The number of carboxylic acids is 4. The fraction of sp³-hybridized carbons (Fsp3) is 0.750. The van der Waals surface area contributed by atoms with Gasteiger partial charge in [0, 0.05) is 23.9 Å². The summed E-state index contributed by atoms with van der Waals surface area (Å²) in [5.41, 5.74) is 0. The molecule has 0 atom stereocenters. The van der Waals surface area contributed by atoms with E-state index in [1.807, 2.05) is 0 Å². The molecule has 0 bridgehead atoms. The van der Waals surface area contributed by atoms with Crippen molar-refractivity contribution in [3.8, 4) is 0 Å². The molecule has 0 heterocycles. The smallest absolute Gasteiger partial charge is 0.550 e. The molecule has 0 aliphatic rings. The first-order chi connectivity index (χ1) is 11.1. The van der Waals surface area contributed by atoms with Crippen molar-refractivity contribution in [1.82, 2.24) is 0 Å². The van der Waals surface area contributed by atoms with Crippen molar-refractivity contribution in [3.05, 3.63) is 0 Å². The second kappa shape index (κ2) is 46.9. The van der Waals surface area contributed by atoms with Gasteiger partial charge < -0.3 is 39.6 Å². The summed E-state index contributed by atoms with van der Waals surface area (Å²) in [6.07, 6.45) is 3.40. The van der Waals surface area contributed by atoms with Crippen LogP contribution in [0.3, 0.4) is 0 Å². The van der Waals surface area contributed by atoms with Crippen LogP contribution < -0.4 is 139 Å². The Bertz CT molecular complexity index is 279. The van der Waals surface area contributed by atoms with Gasteiger partial charge in [-0.05, 0) is 25.7 Å². The Morgan fingerprint density at radius 2 is 0.536 bits per heavy atom. The van der Waals surface area contributed by atoms with Gasteiger partial charge in [-0.3, -0.25) is 0 Å². The van der Waals surface area contributed by atoms with Gasteiger partial charge in [-0.2, -0.15) is 0 Å². The Balaban J connectivity index is -0.0000000303. The minimum atomic E-state index is -0.961. The van der Waals surface area contributed by atoms with E-state index in [1.165, 1.54) is 0 Å². The molecule has 0 saturated carbocycles. The molecule has 0 fully saturated rings. The first kappa shape index (κ1) is 52.1. The van der Waals surface area contributed by atoms with E-state index in [0.29, 0.717) is 25.7 Å². The van der Waals surface area contributed by atoms with Gasteiger partial charge in [0.05, 0.1) is 0 Å². The molecule has 0 saturated heterocycles. The van der Waals surface area contributed by atoms with Crippen LogP contribution in [-0.4, -0.2) is 23.9 Å². The van der Waals surface area contributed by atoms with Gasteiger partial charge in [0.25, 0.3) is 0 Å². The molecular formula is C16H28Na4O8. The zero-order chi connectivity index (χ0) is 20.0. The molecule has 0 aliphatic carbocycles. The average Bonchev–Trinajstić information content (AvgIpc) is 2.39. The van der Waals surface area contributed by atoms with Gasteiger partial charge in [-0.15, -0.1) is 0 Å². The van der Waals surface area contributed by atoms with Crippen molar-refractivity contribution in [1.29, 1.82) is 0 Å². The molecule has 0 rings (SSSR count). The van der Waals surface area contributed by atoms with Crippen molar-refractivity contribution in [3.63, 3.8) is 0 Å². The standard InChI is InChI=1S/4C4H8O2.4Na/c4*1-2-3-4(5)6;;;;/h4*2-3H2,1H3,(H,5,6);;;;/q;;;;4*+1/p-4. The number of aliphatic carboxylic acids is 4. The quantitative estimate of drug-likeness (QED) is 0.336. The maximum absolute atomic E-state index is 9.49. The van der Waals surface area contributed by atoms with Crippen molar-refractivity contribution >= 4 is 23.9 Å². The van der Waals surface area contributed by atoms with Crippen LogP contribution in [0.15, 0.2) is 0 Å². The van der Waals surface area contributed by atoms with E-state index in [4.69, 9.17) is 0 Å². The second-order valence-electron chi connectivity index (χ2n) is 4.49. The van der Waals surface area contributed by atoms with Gasteiger partial charge in [-0.25, -0.2) is 0 Å². The largest absolute Gasteiger partial charge is 1.00 e. The van der Waals surface area contributed by atoms with Gasteiger partial charge in [-0.1, -0.05) is 53.4 Å². The minimum absolute atomic E-state index is 0. The molecular weight excluding hydrogens is 412 g/mol. The van der Waals surface area contributed by atoms with Crippen LogP contribution in [0.5, 0.6) is 0 Å². The van der Waals surface area contributed by atoms with Crippen LogP contribution in [0, 0.1) is 0 Å². The first-order valence-electron chi connectivity index (χ1n) is 7.88. The Labute approximate surface area is 257 Å². The minimum Gasteiger partial charge on any atom is -0.550 e. The SMILES string of the molecule is CCCC(=O)[O-].CCCC(=O)[O-].CCCC(=O)[O-].CCCC(=O)[O-].[Na+].[Na+].[Na+].[Na+]. The zero-order valence-corrected chi connectivity index (χ0v) is 26.9. The molecule has 0 amide bonds. The molecule has 0 unspecified atom stereocenters. The Morgan fingerprint density at radius 1 is 0.429 bits per heavy atom. The Kier molecular flexibility index (Phi) is 87.2. The van der Waals surface area contributed by atoms with Crippen molar-refractivity contribution in [2.24, 2.45) is 0 Å². The predicted octanol–water partition coefficient (Wildman–Crippen LogP) is -13.8. The molecule has 28 heavy (non-hydrogen) atoms. The zero-order valence-electron chi connectivity index (χ0n) is 18.9. The second-order valence-corrected chi connectivity index (χ2v) is 4.49. The van der Waals surface area contributed by atoms with Crippen LogP contribution in [0.4, 0.5) is 0 Å². The Hall–Kier alpha value is 1.88. The molecule has 0 spiro atoms. The van der Waals surface area contributed by atoms with E-state index >= 15 is 0 Å². The van der Waals surface area contributed by atoms with Crippen LogP contribution >= 0.6 is 0 Å². The molecule has 12 heteroatoms. The summed E-state index contributed by atoms with van der Waals surface area (Å²) in [7, 11) is 0. The first-order valence-corrected chi connectivity index (χ1v) is 7.88. The molecule has 0 aromatic rings. The van der Waals surface area contributed by atoms with Crippen LogP contribution in [0.25, 0.3) is 0 Å². The van der Waals surface area contributed by atoms with E-state index in [0.717, 1.165) is 0 Å². The summed E-state index contributed by atoms with van der Waals surface area (Å²) < 4.78 is 0. The third-order valence-corrected chi connectivity index (χ3v) is 1.82. The third kappa shape index (κ3) is 105. The summed E-state index contributed by atoms with van der Waals surface area (Å²) in [6, 6.07) is 0. The molecule has 0 radical (unpaired) electrons. The molecule has 0 aliphatic heterocycles. The normalized spacial score (nSPS) is 7.00. The molecule has 0 aromatic carbocycles. The van der Waals surface area contributed by atoms with Gasteiger partial charge in [0.15, 0.2) is 0 Å². The monoisotopic (exact) mass is 440 g/mol. The van der Waals surface area contributed by atoms with Crippen molar-refractivity contribution < 1.29 is 158 Å². The van der Waals surface area contributed by atoms with Gasteiger partial charge in [0.1, 0.15) is 0 Å². The Morgan fingerprint density at radius 3 is 0.536 bits per heavy atom. The number of carbonyl (C=O) groups excluding carboxylic acids is 4. The number of carboxylic acid groups (broad SMARTS) is 4. The van der Waals surface area contributed by atoms with E-state index in [9.17, 15) is 39.6 Å².